The molecule has 0 saturated carbocycles. The number of pyridine rings is 2. The zero-order valence-electron chi connectivity index (χ0n) is 11.0. The van der Waals surface area contributed by atoms with Crippen molar-refractivity contribution in [1.29, 1.82) is 0 Å². The molecule has 0 aliphatic rings. The highest BCUT2D eigenvalue weighted by molar-refractivity contribution is 7.92. The number of benzene rings is 1. The third-order valence-electron chi connectivity index (χ3n) is 2.94. The summed E-state index contributed by atoms with van der Waals surface area (Å²) in [5.41, 5.74) is 0.458. The second kappa shape index (κ2) is 5.51. The van der Waals surface area contributed by atoms with Crippen molar-refractivity contribution in [3.05, 3.63) is 59.6 Å². The zero-order chi connectivity index (χ0) is 15.7. The summed E-state index contributed by atoms with van der Waals surface area (Å²) < 4.78 is 40.6. The molecule has 0 saturated heterocycles. The first-order chi connectivity index (χ1) is 10.5. The number of anilines is 1. The minimum Gasteiger partial charge on any atom is -0.275 e. The fourth-order valence-electron chi connectivity index (χ4n) is 1.97. The Morgan fingerprint density at radius 3 is 2.55 bits per heavy atom. The molecule has 8 heteroatoms. The quantitative estimate of drug-likeness (QED) is 0.796. The number of nitrogens with one attached hydrogen (secondary N) is 1. The highest BCUT2D eigenvalue weighted by Gasteiger charge is 2.23. The lowest BCUT2D eigenvalue weighted by atomic mass is 10.2. The van der Waals surface area contributed by atoms with Crippen LogP contribution in [0.5, 0.6) is 0 Å². The van der Waals surface area contributed by atoms with Gasteiger partial charge in [0.05, 0.1) is 16.2 Å². The van der Waals surface area contributed by atoms with Crippen LogP contribution in [-0.2, 0) is 10.0 Å². The molecule has 1 aromatic carbocycles. The van der Waals surface area contributed by atoms with Crippen LogP contribution < -0.4 is 4.72 Å². The van der Waals surface area contributed by atoms with Crippen molar-refractivity contribution in [2.24, 2.45) is 0 Å². The van der Waals surface area contributed by atoms with Crippen molar-refractivity contribution in [2.45, 2.75) is 5.03 Å². The molecule has 0 spiro atoms. The van der Waals surface area contributed by atoms with Crippen LogP contribution >= 0.6 is 11.6 Å². The molecule has 5 nitrogen and oxygen atoms in total. The second-order valence-corrected chi connectivity index (χ2v) is 6.40. The van der Waals surface area contributed by atoms with Crippen LogP contribution in [0.1, 0.15) is 0 Å². The van der Waals surface area contributed by atoms with E-state index >= 15 is 0 Å². The minimum atomic E-state index is -4.22. The van der Waals surface area contributed by atoms with Gasteiger partial charge in [-0.15, -0.1) is 0 Å². The fourth-order valence-corrected chi connectivity index (χ4v) is 3.32. The first kappa shape index (κ1) is 14.7. The van der Waals surface area contributed by atoms with Crippen LogP contribution in [0.25, 0.3) is 10.9 Å². The number of hydrogen-bond acceptors (Lipinski definition) is 4. The largest absolute Gasteiger partial charge is 0.282 e. The number of rotatable bonds is 3. The molecule has 0 aliphatic carbocycles. The summed E-state index contributed by atoms with van der Waals surface area (Å²) in [6.07, 6.45) is 2.71. The van der Waals surface area contributed by atoms with Gasteiger partial charge in [-0.1, -0.05) is 23.7 Å². The number of nitrogens with zero attached hydrogens (tertiary/aromatic N) is 2. The Morgan fingerprint density at radius 1 is 1.05 bits per heavy atom. The molecule has 0 amide bonds. The van der Waals surface area contributed by atoms with Crippen LogP contribution in [0.4, 0.5) is 10.1 Å². The predicted octanol–water partition coefficient (Wildman–Crippen LogP) is 3.22. The van der Waals surface area contributed by atoms with Crippen molar-refractivity contribution in [3.63, 3.8) is 0 Å². The molecule has 0 atom stereocenters. The molecule has 3 aromatic rings. The molecule has 2 heterocycles. The van der Waals surface area contributed by atoms with Crippen LogP contribution in [-0.4, -0.2) is 18.4 Å². The molecule has 0 unspecified atom stereocenters. The van der Waals surface area contributed by atoms with E-state index < -0.39 is 20.9 Å². The molecule has 3 rings (SSSR count). The molecule has 0 fully saturated rings. The first-order valence-corrected chi connectivity index (χ1v) is 8.02. The van der Waals surface area contributed by atoms with Gasteiger partial charge >= 0.3 is 0 Å². The Labute approximate surface area is 130 Å². The molecule has 112 valence electrons. The molecule has 0 radical (unpaired) electrons. The summed E-state index contributed by atoms with van der Waals surface area (Å²) in [6, 6.07) is 9.05. The van der Waals surface area contributed by atoms with E-state index in [1.165, 1.54) is 24.5 Å². The minimum absolute atomic E-state index is 0.0878. The van der Waals surface area contributed by atoms with E-state index in [0.29, 0.717) is 10.9 Å². The van der Waals surface area contributed by atoms with Crippen LogP contribution in [0, 0.1) is 5.82 Å². The Kier molecular flexibility index (Phi) is 3.67. The lowest BCUT2D eigenvalue weighted by Gasteiger charge is -2.11. The zero-order valence-corrected chi connectivity index (χ0v) is 12.6. The smallest absolute Gasteiger partial charge is 0.275 e. The van der Waals surface area contributed by atoms with Crippen molar-refractivity contribution >= 4 is 38.2 Å². The van der Waals surface area contributed by atoms with E-state index in [9.17, 15) is 12.8 Å². The van der Waals surface area contributed by atoms with Crippen molar-refractivity contribution in [2.75, 3.05) is 4.72 Å². The van der Waals surface area contributed by atoms with Crippen LogP contribution in [0.3, 0.4) is 0 Å². The highest BCUT2D eigenvalue weighted by Crippen LogP contribution is 2.31. The molecule has 0 bridgehead atoms. The van der Waals surface area contributed by atoms with E-state index in [4.69, 9.17) is 11.6 Å². The molecule has 0 aliphatic heterocycles. The van der Waals surface area contributed by atoms with Crippen molar-refractivity contribution < 1.29 is 12.8 Å². The number of halogens is 2. The van der Waals surface area contributed by atoms with E-state index in [0.717, 1.165) is 6.07 Å². The van der Waals surface area contributed by atoms with Gasteiger partial charge < -0.3 is 0 Å². The van der Waals surface area contributed by atoms with Gasteiger partial charge in [0.15, 0.2) is 5.82 Å². The molecular formula is C14H9ClFN3O2S. The monoisotopic (exact) mass is 337 g/mol. The number of fused-ring (bicyclic) bond motifs is 1. The van der Waals surface area contributed by atoms with Gasteiger partial charge in [0.2, 0.25) is 5.03 Å². The van der Waals surface area contributed by atoms with Gasteiger partial charge in [-0.3, -0.25) is 9.71 Å². The second-order valence-electron chi connectivity index (χ2n) is 4.39. The summed E-state index contributed by atoms with van der Waals surface area (Å²) >= 11 is 6.06. The predicted molar refractivity (Wildman–Crippen MR) is 81.8 cm³/mol. The fraction of sp³-hybridized carbons (Fsp3) is 0. The standard InChI is InChI=1S/C14H9ClFN3O2S/c15-10-6-5-9-3-1-7-17-12(9)13(10)19-22(20,21)14-11(16)4-2-8-18-14/h1-8,19H. The lowest BCUT2D eigenvalue weighted by Crippen LogP contribution is -2.16. The average Bonchev–Trinajstić information content (AvgIpc) is 2.50. The number of aromatic nitrogens is 2. The van der Waals surface area contributed by atoms with Gasteiger partial charge in [0.1, 0.15) is 0 Å². The maximum absolute atomic E-state index is 13.7. The average molecular weight is 338 g/mol. The summed E-state index contributed by atoms with van der Waals surface area (Å²) in [7, 11) is -4.22. The highest BCUT2D eigenvalue weighted by atomic mass is 35.5. The molecule has 2 aromatic heterocycles. The van der Waals surface area contributed by atoms with Crippen molar-refractivity contribution in [3.8, 4) is 0 Å². The van der Waals surface area contributed by atoms with Gasteiger partial charge in [0, 0.05) is 17.8 Å². The Hall–Kier alpha value is -2.25. The Morgan fingerprint density at radius 2 is 1.77 bits per heavy atom. The van der Waals surface area contributed by atoms with Gasteiger partial charge in [-0.2, -0.15) is 8.42 Å². The summed E-state index contributed by atoms with van der Waals surface area (Å²) in [4.78, 5) is 7.68. The van der Waals surface area contributed by atoms with Crippen LogP contribution in [0.2, 0.25) is 5.02 Å². The summed E-state index contributed by atoms with van der Waals surface area (Å²) in [6.45, 7) is 0. The number of hydrogen-bond donors (Lipinski definition) is 1. The molecule has 1 N–H and O–H groups in total. The Bertz CT molecular complexity index is 963. The lowest BCUT2D eigenvalue weighted by molar-refractivity contribution is 0.557. The van der Waals surface area contributed by atoms with Crippen LogP contribution in [0.15, 0.2) is 53.8 Å². The maximum Gasteiger partial charge on any atom is 0.282 e. The van der Waals surface area contributed by atoms with E-state index in [1.807, 2.05) is 0 Å². The van der Waals surface area contributed by atoms with E-state index in [-0.39, 0.29) is 10.7 Å². The third kappa shape index (κ3) is 2.60. The van der Waals surface area contributed by atoms with E-state index in [1.54, 1.807) is 18.2 Å². The van der Waals surface area contributed by atoms with Gasteiger partial charge in [-0.25, -0.2) is 9.37 Å². The normalized spacial score (nSPS) is 11.5. The summed E-state index contributed by atoms with van der Waals surface area (Å²) in [5, 5.41) is 0.163. The van der Waals surface area contributed by atoms with Crippen molar-refractivity contribution in [1.82, 2.24) is 9.97 Å². The summed E-state index contributed by atoms with van der Waals surface area (Å²) in [5.74, 6) is -0.945. The number of sulfonamides is 1. The SMILES string of the molecule is O=S(=O)(Nc1c(Cl)ccc2cccnc12)c1ncccc1F. The van der Waals surface area contributed by atoms with Gasteiger partial charge in [0.25, 0.3) is 10.0 Å². The van der Waals surface area contributed by atoms with Gasteiger partial charge in [-0.05, 0) is 24.3 Å². The topological polar surface area (TPSA) is 72.0 Å². The van der Waals surface area contributed by atoms with E-state index in [2.05, 4.69) is 14.7 Å². The third-order valence-corrected chi connectivity index (χ3v) is 4.54. The Balaban J connectivity index is 2.14. The molecular weight excluding hydrogens is 329 g/mol. The first-order valence-electron chi connectivity index (χ1n) is 6.15. The maximum atomic E-state index is 13.7. The molecule has 22 heavy (non-hydrogen) atoms.